The van der Waals surface area contributed by atoms with E-state index in [1.807, 2.05) is 24.3 Å². The molecule has 2 aromatic carbocycles. The molecule has 0 unspecified atom stereocenters. The van der Waals surface area contributed by atoms with E-state index < -0.39 is 16.3 Å². The molecule has 0 spiro atoms. The number of fused-ring (bicyclic) bond motifs is 1. The maximum atomic E-state index is 13.3. The van der Waals surface area contributed by atoms with Gasteiger partial charge < -0.3 is 24.6 Å². The lowest BCUT2D eigenvalue weighted by Gasteiger charge is -2.30. The number of aliphatic hydroxyl groups excluding tert-OH is 1. The van der Waals surface area contributed by atoms with Crippen molar-refractivity contribution in [3.05, 3.63) is 72.1 Å². The van der Waals surface area contributed by atoms with Crippen LogP contribution < -0.4 is 10.1 Å². The number of hydrogen-bond donors (Lipinski definition) is 2. The van der Waals surface area contributed by atoms with Gasteiger partial charge in [-0.05, 0) is 54.8 Å². The summed E-state index contributed by atoms with van der Waals surface area (Å²) in [5, 5.41) is 13.6. The number of allylic oxidation sites excluding steroid dienone is 1. The highest BCUT2D eigenvalue weighted by Gasteiger charge is 2.32. The summed E-state index contributed by atoms with van der Waals surface area (Å²) in [6.07, 6.45) is 7.03. The molecule has 2 heterocycles. The first kappa shape index (κ1) is 31.7. The molecule has 1 fully saturated rings. The molecule has 44 heavy (non-hydrogen) atoms. The smallest absolute Gasteiger partial charge is 0.286 e. The summed E-state index contributed by atoms with van der Waals surface area (Å²) in [4.78, 5) is 25.8. The van der Waals surface area contributed by atoms with E-state index in [9.17, 15) is 23.1 Å². The summed E-state index contributed by atoms with van der Waals surface area (Å²) in [6.45, 7) is 0.924. The van der Waals surface area contributed by atoms with E-state index in [4.69, 9.17) is 14.2 Å². The van der Waals surface area contributed by atoms with E-state index in [0.717, 1.165) is 46.5 Å². The first-order chi connectivity index (χ1) is 21.2. The van der Waals surface area contributed by atoms with Crippen molar-refractivity contribution in [3.8, 4) is 5.75 Å². The lowest BCUT2D eigenvalue weighted by Crippen LogP contribution is -2.39. The first-order valence-corrected chi connectivity index (χ1v) is 16.3. The van der Waals surface area contributed by atoms with Gasteiger partial charge in [0, 0.05) is 50.0 Å². The number of amides is 1. The molecule has 12 heteroatoms. The lowest BCUT2D eigenvalue weighted by atomic mass is 9.92. The zero-order valence-corrected chi connectivity index (χ0v) is 25.8. The molecule has 3 aromatic rings. The molecule has 1 amide bonds. The highest BCUT2D eigenvalue weighted by molar-refractivity contribution is 7.89. The molecule has 1 aliphatic heterocycles. The van der Waals surface area contributed by atoms with Gasteiger partial charge in [0.05, 0.1) is 30.7 Å². The van der Waals surface area contributed by atoms with Gasteiger partial charge in [0.1, 0.15) is 5.75 Å². The summed E-state index contributed by atoms with van der Waals surface area (Å²) >= 11 is 0. The van der Waals surface area contributed by atoms with Gasteiger partial charge in [0.15, 0.2) is 5.76 Å². The van der Waals surface area contributed by atoms with E-state index >= 15 is 0 Å². The molecule has 5 rings (SSSR count). The van der Waals surface area contributed by atoms with Gasteiger partial charge in [-0.3, -0.25) is 14.2 Å². The number of ether oxygens (including phenoxy) is 3. The molecule has 1 aliphatic carbocycles. The molecule has 0 saturated heterocycles. The third-order valence-electron chi connectivity index (χ3n) is 8.14. The molecule has 2 atom stereocenters. The number of sulfonamides is 1. The van der Waals surface area contributed by atoms with Crippen molar-refractivity contribution in [3.63, 3.8) is 0 Å². The molecule has 11 nitrogen and oxygen atoms in total. The highest BCUT2D eigenvalue weighted by Crippen LogP contribution is 2.36. The Morgan fingerprint density at radius 2 is 1.82 bits per heavy atom. The van der Waals surface area contributed by atoms with Crippen LogP contribution in [0.4, 0.5) is 0 Å². The van der Waals surface area contributed by atoms with Gasteiger partial charge in [0.2, 0.25) is 22.2 Å². The third-order valence-corrected chi connectivity index (χ3v) is 10.1. The van der Waals surface area contributed by atoms with Crippen LogP contribution in [0.15, 0.2) is 71.5 Å². The van der Waals surface area contributed by atoms with E-state index in [2.05, 4.69) is 5.32 Å². The SMILES string of the molecule is COc1ccc(S(=O)(=O)N(CCO)CCO[C@@H]2C[C@H](c3cn(C(C)=O)c4ccccc34)C=C(C(=O)NC3CCCC3)O2)cc1. The van der Waals surface area contributed by atoms with Crippen LogP contribution in [0.5, 0.6) is 5.75 Å². The second kappa shape index (κ2) is 13.9. The van der Waals surface area contributed by atoms with Crippen LogP contribution in [-0.2, 0) is 24.3 Å². The molecule has 0 radical (unpaired) electrons. The van der Waals surface area contributed by atoms with Crippen LogP contribution in [0.25, 0.3) is 10.9 Å². The molecular weight excluding hydrogens is 586 g/mol. The number of para-hydroxylation sites is 1. The summed E-state index contributed by atoms with van der Waals surface area (Å²) in [6, 6.07) is 13.7. The van der Waals surface area contributed by atoms with Gasteiger partial charge >= 0.3 is 0 Å². The van der Waals surface area contributed by atoms with E-state index in [-0.39, 0.29) is 60.7 Å². The molecule has 236 valence electrons. The van der Waals surface area contributed by atoms with Crippen molar-refractivity contribution in [2.45, 2.75) is 62.2 Å². The van der Waals surface area contributed by atoms with Crippen molar-refractivity contribution < 1.29 is 37.3 Å². The summed E-state index contributed by atoms with van der Waals surface area (Å²) in [5.41, 5.74) is 1.63. The largest absolute Gasteiger partial charge is 0.497 e. The fourth-order valence-electron chi connectivity index (χ4n) is 5.87. The third kappa shape index (κ3) is 6.99. The number of rotatable bonds is 12. The van der Waals surface area contributed by atoms with Crippen molar-refractivity contribution >= 4 is 32.7 Å². The average Bonchev–Trinajstić information content (AvgIpc) is 3.69. The highest BCUT2D eigenvalue weighted by atomic mass is 32.2. The van der Waals surface area contributed by atoms with Crippen molar-refractivity contribution in [2.24, 2.45) is 0 Å². The maximum Gasteiger partial charge on any atom is 0.286 e. The second-order valence-corrected chi connectivity index (χ2v) is 13.0. The number of nitrogens with zero attached hydrogens (tertiary/aromatic N) is 2. The van der Waals surface area contributed by atoms with Crippen molar-refractivity contribution in [2.75, 3.05) is 33.4 Å². The monoisotopic (exact) mass is 625 g/mol. The number of hydrogen-bond acceptors (Lipinski definition) is 8. The number of aromatic nitrogens is 1. The predicted molar refractivity (Wildman–Crippen MR) is 164 cm³/mol. The Morgan fingerprint density at radius 1 is 1.09 bits per heavy atom. The Kier molecular flexibility index (Phi) is 10.0. The van der Waals surface area contributed by atoms with Crippen LogP contribution in [-0.4, -0.2) is 80.0 Å². The second-order valence-electron chi connectivity index (χ2n) is 11.0. The lowest BCUT2D eigenvalue weighted by molar-refractivity contribution is -0.146. The Labute approximate surface area is 257 Å². The summed E-state index contributed by atoms with van der Waals surface area (Å²) < 4.78 is 46.6. The Bertz CT molecular complexity index is 1610. The summed E-state index contributed by atoms with van der Waals surface area (Å²) in [5.74, 6) is -0.0969. The van der Waals surface area contributed by atoms with Gasteiger partial charge in [-0.15, -0.1) is 0 Å². The zero-order valence-electron chi connectivity index (χ0n) is 25.0. The number of carbonyl (C=O) groups excluding carboxylic acids is 2. The number of benzene rings is 2. The number of aliphatic hydroxyl groups is 1. The Hall–Kier alpha value is -3.71. The van der Waals surface area contributed by atoms with Gasteiger partial charge in [-0.1, -0.05) is 31.0 Å². The standard InChI is InChI=1S/C32H39N3O8S/c1-22(37)35-21-28(27-9-5-6-10-29(27)35)23-19-30(32(38)33-24-7-3-4-8-24)43-31(20-23)42-18-16-34(15-17-36)44(39,40)26-13-11-25(41-2)12-14-26/h5-6,9-14,19,21,23-24,31,36H,3-4,7-8,15-18,20H2,1-2H3,(H,33,38)/t23-,31+/m1/s1. The van der Waals surface area contributed by atoms with Gasteiger partial charge in [0.25, 0.3) is 5.91 Å². The topological polar surface area (TPSA) is 136 Å². The fourth-order valence-corrected chi connectivity index (χ4v) is 7.29. The normalized spacial score (nSPS) is 19.1. The molecular formula is C32H39N3O8S. The predicted octanol–water partition coefficient (Wildman–Crippen LogP) is 3.78. The van der Waals surface area contributed by atoms with Gasteiger partial charge in [-0.25, -0.2) is 8.42 Å². The van der Waals surface area contributed by atoms with E-state index in [0.29, 0.717) is 12.2 Å². The molecule has 2 aliphatic rings. The number of nitrogens with one attached hydrogen (secondary N) is 1. The van der Waals surface area contributed by atoms with Crippen molar-refractivity contribution in [1.29, 1.82) is 0 Å². The van der Waals surface area contributed by atoms with Crippen LogP contribution in [0, 0.1) is 0 Å². The van der Waals surface area contributed by atoms with Crippen LogP contribution >= 0.6 is 0 Å². The minimum Gasteiger partial charge on any atom is -0.497 e. The quantitative estimate of drug-likeness (QED) is 0.310. The average molecular weight is 626 g/mol. The van der Waals surface area contributed by atoms with Crippen LogP contribution in [0.2, 0.25) is 0 Å². The molecule has 1 saturated carbocycles. The summed E-state index contributed by atoms with van der Waals surface area (Å²) in [7, 11) is -2.43. The van der Waals surface area contributed by atoms with Gasteiger partial charge in [-0.2, -0.15) is 4.31 Å². The fraction of sp³-hybridized carbons (Fsp3) is 0.438. The van der Waals surface area contributed by atoms with E-state index in [1.165, 1.54) is 26.2 Å². The Morgan fingerprint density at radius 3 is 2.50 bits per heavy atom. The van der Waals surface area contributed by atoms with Crippen molar-refractivity contribution in [1.82, 2.24) is 14.2 Å². The maximum absolute atomic E-state index is 13.3. The molecule has 2 N–H and O–H groups in total. The minimum atomic E-state index is -3.93. The molecule has 0 bridgehead atoms. The van der Waals surface area contributed by atoms with Crippen LogP contribution in [0.1, 0.15) is 55.3 Å². The number of carbonyl (C=O) groups is 2. The minimum absolute atomic E-state index is 0.0422. The Balaban J connectivity index is 1.35. The van der Waals surface area contributed by atoms with E-state index in [1.54, 1.807) is 29.0 Å². The van der Waals surface area contributed by atoms with Crippen LogP contribution in [0.3, 0.4) is 0 Å². The first-order valence-electron chi connectivity index (χ1n) is 14.9. The number of methoxy groups -OCH3 is 1. The zero-order chi connectivity index (χ0) is 31.3. The molecule has 1 aromatic heterocycles.